The van der Waals surface area contributed by atoms with E-state index in [1.807, 2.05) is 36.4 Å². The Morgan fingerprint density at radius 1 is 1.33 bits per heavy atom. The topological polar surface area (TPSA) is 52.9 Å². The van der Waals surface area contributed by atoms with Crippen LogP contribution in [0, 0.1) is 11.3 Å². The summed E-state index contributed by atoms with van der Waals surface area (Å²) in [5.74, 6) is -0.0486. The van der Waals surface area contributed by atoms with Crippen molar-refractivity contribution in [2.75, 3.05) is 6.54 Å². The fraction of sp³-hybridized carbons (Fsp3) is 0.333. The largest absolute Gasteiger partial charge is 0.343 e. The Labute approximate surface area is 89.7 Å². The van der Waals surface area contributed by atoms with Crippen LogP contribution in [0.3, 0.4) is 0 Å². The number of nitriles is 1. The Kier molecular flexibility index (Phi) is 4.96. The summed E-state index contributed by atoms with van der Waals surface area (Å²) in [5.41, 5.74) is 1.24. The van der Waals surface area contributed by atoms with E-state index in [1.165, 1.54) is 5.56 Å². The third-order valence-electron chi connectivity index (χ3n) is 2.08. The minimum atomic E-state index is -0.0486. The van der Waals surface area contributed by atoms with E-state index in [0.717, 1.165) is 12.8 Å². The molecular formula is C12H14N2O. The number of carbonyl (C=O) groups is 1. The van der Waals surface area contributed by atoms with Gasteiger partial charge in [-0.3, -0.25) is 4.79 Å². The number of carbonyl (C=O) groups excluding carboxylic acids is 1. The molecule has 0 aliphatic heterocycles. The highest BCUT2D eigenvalue weighted by molar-refractivity contribution is 5.76. The lowest BCUT2D eigenvalue weighted by atomic mass is 10.1. The van der Waals surface area contributed by atoms with Crippen molar-refractivity contribution in [2.24, 2.45) is 0 Å². The summed E-state index contributed by atoms with van der Waals surface area (Å²) < 4.78 is 0. The smallest absolute Gasteiger partial charge is 0.220 e. The Hall–Kier alpha value is -1.82. The van der Waals surface area contributed by atoms with Gasteiger partial charge in [0.1, 0.15) is 6.54 Å². The lowest BCUT2D eigenvalue weighted by Crippen LogP contribution is -2.23. The molecule has 0 spiro atoms. The van der Waals surface area contributed by atoms with Gasteiger partial charge in [0.2, 0.25) is 5.91 Å². The first-order valence-electron chi connectivity index (χ1n) is 5.00. The second-order valence-corrected chi connectivity index (χ2v) is 3.27. The van der Waals surface area contributed by atoms with Gasteiger partial charge in [0.15, 0.2) is 0 Å². The summed E-state index contributed by atoms with van der Waals surface area (Å²) in [5, 5.41) is 10.8. The summed E-state index contributed by atoms with van der Waals surface area (Å²) in [4.78, 5) is 11.1. The van der Waals surface area contributed by atoms with E-state index in [2.05, 4.69) is 5.32 Å². The Morgan fingerprint density at radius 2 is 2.07 bits per heavy atom. The van der Waals surface area contributed by atoms with Crippen LogP contribution in [-0.4, -0.2) is 12.5 Å². The monoisotopic (exact) mass is 202 g/mol. The van der Waals surface area contributed by atoms with Crippen LogP contribution >= 0.6 is 0 Å². The van der Waals surface area contributed by atoms with Crippen LogP contribution in [-0.2, 0) is 11.2 Å². The van der Waals surface area contributed by atoms with Crippen LogP contribution in [0.15, 0.2) is 30.3 Å². The number of nitrogens with one attached hydrogen (secondary N) is 1. The third kappa shape index (κ3) is 4.82. The highest BCUT2D eigenvalue weighted by atomic mass is 16.1. The van der Waals surface area contributed by atoms with Crippen LogP contribution in [0.1, 0.15) is 18.4 Å². The van der Waals surface area contributed by atoms with Gasteiger partial charge in [-0.1, -0.05) is 30.3 Å². The summed E-state index contributed by atoms with van der Waals surface area (Å²) in [7, 11) is 0. The molecule has 0 aliphatic carbocycles. The average molecular weight is 202 g/mol. The zero-order valence-electron chi connectivity index (χ0n) is 8.57. The molecule has 1 N–H and O–H groups in total. The highest BCUT2D eigenvalue weighted by Gasteiger charge is 1.99. The first-order chi connectivity index (χ1) is 7.33. The predicted octanol–water partition coefficient (Wildman–Crippen LogP) is 1.65. The van der Waals surface area contributed by atoms with Crippen LogP contribution < -0.4 is 5.32 Å². The van der Waals surface area contributed by atoms with Gasteiger partial charge in [0.25, 0.3) is 0 Å². The van der Waals surface area contributed by atoms with E-state index >= 15 is 0 Å². The van der Waals surface area contributed by atoms with Crippen molar-refractivity contribution in [3.05, 3.63) is 35.9 Å². The van der Waals surface area contributed by atoms with Gasteiger partial charge in [-0.15, -0.1) is 0 Å². The predicted molar refractivity (Wildman–Crippen MR) is 58.0 cm³/mol. The van der Waals surface area contributed by atoms with Crippen LogP contribution in [0.25, 0.3) is 0 Å². The molecule has 1 aromatic carbocycles. The molecule has 15 heavy (non-hydrogen) atoms. The fourth-order valence-electron chi connectivity index (χ4n) is 1.32. The molecule has 0 bridgehead atoms. The van der Waals surface area contributed by atoms with Gasteiger partial charge in [-0.25, -0.2) is 0 Å². The molecule has 0 radical (unpaired) electrons. The standard InChI is InChI=1S/C12H14N2O/c13-9-10-14-12(15)8-4-7-11-5-2-1-3-6-11/h1-3,5-6H,4,7-8,10H2,(H,14,15). The fourth-order valence-corrected chi connectivity index (χ4v) is 1.32. The van der Waals surface area contributed by atoms with Crippen molar-refractivity contribution in [1.82, 2.24) is 5.32 Å². The molecule has 3 heteroatoms. The molecule has 0 aliphatic rings. The van der Waals surface area contributed by atoms with Crippen LogP contribution in [0.5, 0.6) is 0 Å². The SMILES string of the molecule is N#CCNC(=O)CCCc1ccccc1. The molecule has 78 valence electrons. The molecule has 1 aromatic rings. The van der Waals surface area contributed by atoms with Crippen molar-refractivity contribution in [2.45, 2.75) is 19.3 Å². The van der Waals surface area contributed by atoms with E-state index in [-0.39, 0.29) is 12.5 Å². The minimum Gasteiger partial charge on any atom is -0.343 e. The molecule has 0 saturated carbocycles. The Bertz CT molecular complexity index is 340. The zero-order valence-corrected chi connectivity index (χ0v) is 8.57. The number of hydrogen-bond donors (Lipinski definition) is 1. The number of hydrogen-bond acceptors (Lipinski definition) is 2. The van der Waals surface area contributed by atoms with Crippen molar-refractivity contribution in [3.63, 3.8) is 0 Å². The maximum absolute atomic E-state index is 11.1. The third-order valence-corrected chi connectivity index (χ3v) is 2.08. The first-order valence-corrected chi connectivity index (χ1v) is 5.00. The van der Waals surface area contributed by atoms with E-state index in [4.69, 9.17) is 5.26 Å². The number of aryl methyl sites for hydroxylation is 1. The minimum absolute atomic E-state index is 0.0486. The summed E-state index contributed by atoms with van der Waals surface area (Å²) in [6.45, 7) is 0.101. The molecule has 0 unspecified atom stereocenters. The van der Waals surface area contributed by atoms with Gasteiger partial charge in [-0.2, -0.15) is 5.26 Å². The molecule has 3 nitrogen and oxygen atoms in total. The molecule has 0 fully saturated rings. The van der Waals surface area contributed by atoms with Crippen molar-refractivity contribution in [1.29, 1.82) is 5.26 Å². The molecule has 0 aromatic heterocycles. The van der Waals surface area contributed by atoms with Crippen molar-refractivity contribution < 1.29 is 4.79 Å². The summed E-state index contributed by atoms with van der Waals surface area (Å²) in [6.07, 6.45) is 2.21. The van der Waals surface area contributed by atoms with E-state index < -0.39 is 0 Å². The first kappa shape index (κ1) is 11.3. The normalized spacial score (nSPS) is 9.27. The van der Waals surface area contributed by atoms with Gasteiger partial charge in [0, 0.05) is 6.42 Å². The number of amides is 1. The lowest BCUT2D eigenvalue weighted by molar-refractivity contribution is -0.120. The van der Waals surface area contributed by atoms with Crippen LogP contribution in [0.4, 0.5) is 0 Å². The second kappa shape index (κ2) is 6.61. The molecule has 0 saturated heterocycles. The maximum atomic E-state index is 11.1. The van der Waals surface area contributed by atoms with E-state index in [0.29, 0.717) is 6.42 Å². The maximum Gasteiger partial charge on any atom is 0.220 e. The van der Waals surface area contributed by atoms with E-state index in [1.54, 1.807) is 0 Å². The number of rotatable bonds is 5. The zero-order chi connectivity index (χ0) is 10.9. The second-order valence-electron chi connectivity index (χ2n) is 3.27. The Balaban J connectivity index is 2.17. The average Bonchev–Trinajstić information content (AvgIpc) is 2.28. The molecular weight excluding hydrogens is 188 g/mol. The lowest BCUT2D eigenvalue weighted by Gasteiger charge is -2.01. The van der Waals surface area contributed by atoms with Gasteiger partial charge < -0.3 is 5.32 Å². The summed E-state index contributed by atoms with van der Waals surface area (Å²) >= 11 is 0. The molecule has 1 amide bonds. The molecule has 1 rings (SSSR count). The summed E-state index contributed by atoms with van der Waals surface area (Å²) in [6, 6.07) is 11.9. The number of benzene rings is 1. The van der Waals surface area contributed by atoms with E-state index in [9.17, 15) is 4.79 Å². The van der Waals surface area contributed by atoms with Gasteiger partial charge in [-0.05, 0) is 18.4 Å². The Morgan fingerprint density at radius 3 is 2.73 bits per heavy atom. The van der Waals surface area contributed by atoms with Gasteiger partial charge >= 0.3 is 0 Å². The van der Waals surface area contributed by atoms with Crippen molar-refractivity contribution in [3.8, 4) is 6.07 Å². The molecule has 0 atom stereocenters. The van der Waals surface area contributed by atoms with Crippen molar-refractivity contribution >= 4 is 5.91 Å². The quantitative estimate of drug-likeness (QED) is 0.738. The highest BCUT2D eigenvalue weighted by Crippen LogP contribution is 2.03. The van der Waals surface area contributed by atoms with Gasteiger partial charge in [0.05, 0.1) is 6.07 Å². The molecule has 0 heterocycles. The van der Waals surface area contributed by atoms with Crippen LogP contribution in [0.2, 0.25) is 0 Å². The number of nitrogens with zero attached hydrogens (tertiary/aromatic N) is 1.